The first-order valence-corrected chi connectivity index (χ1v) is 14.3. The second kappa shape index (κ2) is 12.4. The fourth-order valence-electron chi connectivity index (χ4n) is 4.33. The molecule has 9 heteroatoms. The van der Waals surface area contributed by atoms with E-state index in [1.54, 1.807) is 35.0 Å². The standard InChI is InChI=1S/C33H23BrClN5O2/c34-28-21-38-40-31(18-30(39-32(28)40)27-11-4-5-12-29(27)35)36-19-22-13-15-23(16-14-22)20-37-33(41)24-7-6-10-26(17-24)42-25-8-2-1-3-9-25/h1-3,5-10,12-18,21,36H,19-20H2,(H,37,41). The summed E-state index contributed by atoms with van der Waals surface area (Å²) in [5.41, 5.74) is 4.57. The highest BCUT2D eigenvalue weighted by Gasteiger charge is 2.14. The first kappa shape index (κ1) is 27.3. The van der Waals surface area contributed by atoms with Crippen molar-refractivity contribution in [1.29, 1.82) is 0 Å². The van der Waals surface area contributed by atoms with Crippen LogP contribution < -0.4 is 15.4 Å². The summed E-state index contributed by atoms with van der Waals surface area (Å²) in [6.45, 7) is 0.951. The van der Waals surface area contributed by atoms with Gasteiger partial charge in [-0.25, -0.2) is 4.98 Å². The number of para-hydroxylation sites is 1. The monoisotopic (exact) mass is 635 g/mol. The van der Waals surface area contributed by atoms with E-state index in [0.717, 1.165) is 21.4 Å². The summed E-state index contributed by atoms with van der Waals surface area (Å²) in [5.74, 6) is 1.91. The molecular weight excluding hydrogens is 614 g/mol. The van der Waals surface area contributed by atoms with E-state index in [4.69, 9.17) is 21.3 Å². The van der Waals surface area contributed by atoms with Crippen LogP contribution in [0.15, 0.2) is 108 Å². The minimum absolute atomic E-state index is 0.171. The molecule has 1 amide bonds. The molecule has 0 fully saturated rings. The summed E-state index contributed by atoms with van der Waals surface area (Å²) in [6.07, 6.45) is 1.70. The van der Waals surface area contributed by atoms with E-state index in [-0.39, 0.29) is 5.91 Å². The lowest BCUT2D eigenvalue weighted by atomic mass is 10.1. The van der Waals surface area contributed by atoms with E-state index in [1.807, 2.05) is 72.8 Å². The first-order valence-electron chi connectivity index (χ1n) is 13.1. The predicted octanol–water partition coefficient (Wildman–Crippen LogP) is 7.75. The van der Waals surface area contributed by atoms with E-state index in [0.29, 0.717) is 52.1 Å². The summed E-state index contributed by atoms with van der Waals surface area (Å²) >= 11 is 9.93. The Hall–Kier alpha value is -4.84. The van der Waals surface area contributed by atoms with Crippen LogP contribution in [0.25, 0.3) is 16.9 Å². The lowest BCUT2D eigenvalue weighted by molar-refractivity contribution is 0.0950. The average Bonchev–Trinajstić information content (AvgIpc) is 3.40. The van der Waals surface area contributed by atoms with Gasteiger partial charge in [0, 0.05) is 24.7 Å². The second-order valence-corrected chi connectivity index (χ2v) is 10.6. The zero-order chi connectivity index (χ0) is 28.9. The highest BCUT2D eigenvalue weighted by molar-refractivity contribution is 9.10. The quantitative estimate of drug-likeness (QED) is 0.170. The molecule has 6 aromatic rings. The SMILES string of the molecule is O=C(NCc1ccc(CNc2cc(-c3c#cccc3Cl)nc3c(Br)cnn23)cc1)c1cccc(Oc2ccccc2)c1. The Balaban J connectivity index is 1.09. The molecule has 0 bridgehead atoms. The van der Waals surface area contributed by atoms with Gasteiger partial charge >= 0.3 is 0 Å². The molecule has 2 heterocycles. The summed E-state index contributed by atoms with van der Waals surface area (Å²) in [7, 11) is 0. The maximum absolute atomic E-state index is 12.8. The summed E-state index contributed by atoms with van der Waals surface area (Å²) in [4.78, 5) is 17.5. The van der Waals surface area contributed by atoms with Gasteiger partial charge in [0.2, 0.25) is 0 Å². The summed E-state index contributed by atoms with van der Waals surface area (Å²) in [5, 5.41) is 11.4. The Kier molecular flexibility index (Phi) is 8.04. The van der Waals surface area contributed by atoms with Crippen LogP contribution in [0.1, 0.15) is 21.5 Å². The molecule has 42 heavy (non-hydrogen) atoms. The van der Waals surface area contributed by atoms with E-state index in [9.17, 15) is 4.79 Å². The van der Waals surface area contributed by atoms with Gasteiger partial charge in [0.25, 0.3) is 5.91 Å². The number of amides is 1. The van der Waals surface area contributed by atoms with Gasteiger partial charge in [0.15, 0.2) is 5.65 Å². The number of carbonyl (C=O) groups is 1. The molecule has 0 aliphatic rings. The van der Waals surface area contributed by atoms with Gasteiger partial charge in [-0.2, -0.15) is 9.61 Å². The number of carbonyl (C=O) groups excluding carboxylic acids is 1. The average molecular weight is 637 g/mol. The van der Waals surface area contributed by atoms with Crippen LogP contribution in [0.3, 0.4) is 0 Å². The summed E-state index contributed by atoms with van der Waals surface area (Å²) in [6, 6.07) is 36.0. The number of hydrogen-bond acceptors (Lipinski definition) is 5. The van der Waals surface area contributed by atoms with Crippen molar-refractivity contribution in [2.24, 2.45) is 0 Å². The van der Waals surface area contributed by atoms with Crippen LogP contribution in [0.5, 0.6) is 11.5 Å². The van der Waals surface area contributed by atoms with Crippen LogP contribution in [0.2, 0.25) is 5.02 Å². The van der Waals surface area contributed by atoms with Crippen molar-refractivity contribution < 1.29 is 9.53 Å². The molecule has 0 radical (unpaired) electrons. The smallest absolute Gasteiger partial charge is 0.251 e. The molecule has 7 nitrogen and oxygen atoms in total. The maximum Gasteiger partial charge on any atom is 0.251 e. The molecule has 0 spiro atoms. The third-order valence-electron chi connectivity index (χ3n) is 6.46. The van der Waals surface area contributed by atoms with Crippen molar-refractivity contribution in [3.8, 4) is 22.8 Å². The van der Waals surface area contributed by atoms with Crippen LogP contribution >= 0.6 is 27.5 Å². The molecular formula is C33H23BrClN5O2. The molecule has 4 aromatic carbocycles. The zero-order valence-corrected chi connectivity index (χ0v) is 24.5. The van der Waals surface area contributed by atoms with Crippen molar-refractivity contribution in [2.45, 2.75) is 13.1 Å². The molecule has 0 saturated heterocycles. The molecule has 0 saturated carbocycles. The highest BCUT2D eigenvalue weighted by Crippen LogP contribution is 2.29. The number of nitrogens with zero attached hydrogens (tertiary/aromatic N) is 3. The number of nitrogens with one attached hydrogen (secondary N) is 2. The van der Waals surface area contributed by atoms with Crippen molar-refractivity contribution in [3.05, 3.63) is 142 Å². The Morgan fingerprint density at radius 1 is 0.929 bits per heavy atom. The molecule has 0 unspecified atom stereocenters. The molecule has 0 aliphatic heterocycles. The van der Waals surface area contributed by atoms with Crippen LogP contribution in [-0.4, -0.2) is 20.5 Å². The number of halogens is 2. The molecule has 0 atom stereocenters. The molecule has 6 rings (SSSR count). The van der Waals surface area contributed by atoms with Gasteiger partial charge in [-0.1, -0.05) is 72.3 Å². The van der Waals surface area contributed by atoms with Gasteiger partial charge in [-0.3, -0.25) is 4.79 Å². The number of aromatic nitrogens is 3. The second-order valence-electron chi connectivity index (χ2n) is 9.38. The lowest BCUT2D eigenvalue weighted by Crippen LogP contribution is -2.22. The van der Waals surface area contributed by atoms with Crippen molar-refractivity contribution >= 4 is 44.9 Å². The lowest BCUT2D eigenvalue weighted by Gasteiger charge is -2.12. The normalized spacial score (nSPS) is 10.7. The fraction of sp³-hybridized carbons (Fsp3) is 0.0606. The number of benzene rings is 3. The van der Waals surface area contributed by atoms with E-state index in [1.165, 1.54) is 0 Å². The van der Waals surface area contributed by atoms with Crippen LogP contribution in [-0.2, 0) is 13.1 Å². The Morgan fingerprint density at radius 2 is 1.69 bits per heavy atom. The Morgan fingerprint density at radius 3 is 2.48 bits per heavy atom. The topological polar surface area (TPSA) is 80.5 Å². The first-order chi connectivity index (χ1) is 20.5. The number of fused-ring (bicyclic) bond motifs is 1. The molecule has 0 aliphatic carbocycles. The Labute approximate surface area is 256 Å². The van der Waals surface area contributed by atoms with Crippen molar-refractivity contribution in [3.63, 3.8) is 0 Å². The van der Waals surface area contributed by atoms with Crippen molar-refractivity contribution in [1.82, 2.24) is 19.9 Å². The number of rotatable bonds is 9. The largest absolute Gasteiger partial charge is 0.457 e. The van der Waals surface area contributed by atoms with Crippen LogP contribution in [0.4, 0.5) is 5.82 Å². The van der Waals surface area contributed by atoms with Gasteiger partial charge < -0.3 is 15.4 Å². The zero-order valence-electron chi connectivity index (χ0n) is 22.1. The van der Waals surface area contributed by atoms with Crippen LogP contribution in [0, 0.1) is 12.1 Å². The van der Waals surface area contributed by atoms with Gasteiger partial charge in [0.1, 0.15) is 17.3 Å². The van der Waals surface area contributed by atoms with Gasteiger partial charge in [-0.05, 0) is 69.5 Å². The third-order valence-corrected chi connectivity index (χ3v) is 7.33. The number of hydrogen-bond donors (Lipinski definition) is 2. The minimum Gasteiger partial charge on any atom is -0.457 e. The summed E-state index contributed by atoms with van der Waals surface area (Å²) < 4.78 is 8.36. The maximum atomic E-state index is 12.8. The molecule has 2 aromatic heterocycles. The molecule has 206 valence electrons. The highest BCUT2D eigenvalue weighted by atomic mass is 79.9. The number of anilines is 1. The van der Waals surface area contributed by atoms with E-state index in [2.05, 4.69) is 43.8 Å². The Bertz CT molecular complexity index is 1860. The van der Waals surface area contributed by atoms with E-state index >= 15 is 0 Å². The van der Waals surface area contributed by atoms with E-state index < -0.39 is 0 Å². The van der Waals surface area contributed by atoms with Crippen molar-refractivity contribution in [2.75, 3.05) is 5.32 Å². The predicted molar refractivity (Wildman–Crippen MR) is 167 cm³/mol. The minimum atomic E-state index is -0.171. The molecule has 2 N–H and O–H groups in total. The van der Waals surface area contributed by atoms with Gasteiger partial charge in [0.05, 0.1) is 26.9 Å². The third kappa shape index (κ3) is 6.23. The number of ether oxygens (including phenoxy) is 1. The van der Waals surface area contributed by atoms with Gasteiger partial charge in [-0.15, -0.1) is 0 Å². The fourth-order valence-corrected chi connectivity index (χ4v) is 4.88.